The first-order valence-electron chi connectivity index (χ1n) is 3.91. The average Bonchev–Trinajstić information content (AvgIpc) is 2.49. The van der Waals surface area contributed by atoms with Crippen molar-refractivity contribution < 1.29 is 0 Å². The second-order valence-electron chi connectivity index (χ2n) is 2.77. The van der Waals surface area contributed by atoms with E-state index in [-0.39, 0.29) is 10.7 Å². The van der Waals surface area contributed by atoms with Gasteiger partial charge in [-0.3, -0.25) is 5.10 Å². The molecule has 0 atom stereocenters. The molecule has 2 aromatic rings. The van der Waals surface area contributed by atoms with Crippen LogP contribution in [0.3, 0.4) is 0 Å². The molecule has 14 heavy (non-hydrogen) atoms. The van der Waals surface area contributed by atoms with Gasteiger partial charge in [0.25, 0.3) is 0 Å². The van der Waals surface area contributed by atoms with Crippen molar-refractivity contribution in [2.24, 2.45) is 0 Å². The number of rotatable bonds is 1. The largest absolute Gasteiger partial charge is 0.369 e. The van der Waals surface area contributed by atoms with Crippen LogP contribution in [-0.4, -0.2) is 25.1 Å². The van der Waals surface area contributed by atoms with Gasteiger partial charge in [0.15, 0.2) is 0 Å². The SMILES string of the molecule is Cc1[nH]ncc1-c1nc(=S)nc(N)[nH]1. The number of H-pyrrole nitrogens is 2. The van der Waals surface area contributed by atoms with Crippen molar-refractivity contribution in [3.05, 3.63) is 16.7 Å². The van der Waals surface area contributed by atoms with Crippen LogP contribution in [0, 0.1) is 11.7 Å². The third-order valence-electron chi connectivity index (χ3n) is 1.76. The third kappa shape index (κ3) is 1.49. The van der Waals surface area contributed by atoms with Gasteiger partial charge >= 0.3 is 0 Å². The fourth-order valence-electron chi connectivity index (χ4n) is 1.12. The molecule has 0 amide bonds. The number of anilines is 1. The summed E-state index contributed by atoms with van der Waals surface area (Å²) in [4.78, 5) is 10.6. The molecule has 2 rings (SSSR count). The van der Waals surface area contributed by atoms with Gasteiger partial charge in [0.2, 0.25) is 10.7 Å². The maximum atomic E-state index is 5.51. The number of nitrogens with one attached hydrogen (secondary N) is 2. The topological polar surface area (TPSA) is 96.3 Å². The first-order valence-corrected chi connectivity index (χ1v) is 4.32. The van der Waals surface area contributed by atoms with E-state index < -0.39 is 0 Å². The highest BCUT2D eigenvalue weighted by molar-refractivity contribution is 7.71. The predicted octanol–water partition coefficient (Wildman–Crippen LogP) is 0.815. The van der Waals surface area contributed by atoms with Crippen LogP contribution in [-0.2, 0) is 0 Å². The number of hydrogen-bond donors (Lipinski definition) is 3. The summed E-state index contributed by atoms with van der Waals surface area (Å²) >= 11 is 4.85. The number of nitrogens with zero attached hydrogens (tertiary/aromatic N) is 3. The Morgan fingerprint density at radius 2 is 2.21 bits per heavy atom. The standard InChI is InChI=1S/C7H8N6S/c1-3-4(2-9-13-3)5-10-6(8)12-7(14)11-5/h2H,1H3,(H,9,13)(H3,8,10,11,12,14). The van der Waals surface area contributed by atoms with E-state index in [0.29, 0.717) is 5.82 Å². The Hall–Kier alpha value is -1.76. The van der Waals surface area contributed by atoms with Crippen molar-refractivity contribution in [1.82, 2.24) is 25.1 Å². The second kappa shape index (κ2) is 3.18. The van der Waals surface area contributed by atoms with Gasteiger partial charge < -0.3 is 10.7 Å². The van der Waals surface area contributed by atoms with E-state index in [1.807, 2.05) is 6.92 Å². The summed E-state index contributed by atoms with van der Waals surface area (Å²) < 4.78 is 0.219. The molecule has 0 aliphatic carbocycles. The number of hydrogen-bond acceptors (Lipinski definition) is 5. The molecule has 6 nitrogen and oxygen atoms in total. The Balaban J connectivity index is 2.63. The van der Waals surface area contributed by atoms with Gasteiger partial charge in [0.1, 0.15) is 5.82 Å². The molecule has 2 heterocycles. The predicted molar refractivity (Wildman–Crippen MR) is 53.9 cm³/mol. The lowest BCUT2D eigenvalue weighted by Crippen LogP contribution is -1.99. The molecular formula is C7H8N6S. The van der Waals surface area contributed by atoms with Crippen LogP contribution in [0.4, 0.5) is 5.95 Å². The highest BCUT2D eigenvalue weighted by Gasteiger charge is 2.06. The highest BCUT2D eigenvalue weighted by atomic mass is 32.1. The molecule has 0 bridgehead atoms. The van der Waals surface area contributed by atoms with Crippen LogP contribution in [0.15, 0.2) is 6.20 Å². The van der Waals surface area contributed by atoms with E-state index in [4.69, 9.17) is 18.0 Å². The normalized spacial score (nSPS) is 10.4. The molecule has 2 aromatic heterocycles. The van der Waals surface area contributed by atoms with Crippen LogP contribution in [0.2, 0.25) is 0 Å². The third-order valence-corrected chi connectivity index (χ3v) is 1.94. The molecule has 0 saturated heterocycles. The minimum atomic E-state index is 0.219. The Morgan fingerprint density at radius 1 is 1.43 bits per heavy atom. The molecule has 4 N–H and O–H groups in total. The van der Waals surface area contributed by atoms with E-state index in [1.54, 1.807) is 6.20 Å². The van der Waals surface area contributed by atoms with Crippen molar-refractivity contribution in [2.75, 3.05) is 5.73 Å². The zero-order chi connectivity index (χ0) is 10.1. The van der Waals surface area contributed by atoms with Crippen LogP contribution in [0.5, 0.6) is 0 Å². The number of aromatic amines is 2. The van der Waals surface area contributed by atoms with E-state index in [9.17, 15) is 0 Å². The lowest BCUT2D eigenvalue weighted by Gasteiger charge is -1.99. The van der Waals surface area contributed by atoms with Crippen LogP contribution in [0.1, 0.15) is 5.69 Å². The summed E-state index contributed by atoms with van der Waals surface area (Å²) in [5.74, 6) is 0.828. The van der Waals surface area contributed by atoms with Gasteiger partial charge in [-0.05, 0) is 19.1 Å². The summed E-state index contributed by atoms with van der Waals surface area (Å²) in [5, 5.41) is 6.68. The number of aryl methyl sites for hydroxylation is 1. The van der Waals surface area contributed by atoms with Crippen molar-refractivity contribution >= 4 is 18.2 Å². The van der Waals surface area contributed by atoms with Crippen LogP contribution < -0.4 is 5.73 Å². The molecule has 7 heteroatoms. The van der Waals surface area contributed by atoms with Crippen LogP contribution in [0.25, 0.3) is 11.4 Å². The lowest BCUT2D eigenvalue weighted by molar-refractivity contribution is 1.04. The Bertz CT molecular complexity index is 513. The molecule has 0 aliphatic rings. The molecule has 0 aromatic carbocycles. The van der Waals surface area contributed by atoms with Gasteiger partial charge in [0, 0.05) is 5.69 Å². The van der Waals surface area contributed by atoms with Crippen molar-refractivity contribution in [3.63, 3.8) is 0 Å². The Kier molecular flexibility index (Phi) is 2.01. The number of nitrogen functional groups attached to an aromatic ring is 1. The maximum Gasteiger partial charge on any atom is 0.224 e. The smallest absolute Gasteiger partial charge is 0.224 e. The lowest BCUT2D eigenvalue weighted by atomic mass is 10.2. The van der Waals surface area contributed by atoms with Gasteiger partial charge in [-0.2, -0.15) is 10.1 Å². The van der Waals surface area contributed by atoms with Crippen molar-refractivity contribution in [1.29, 1.82) is 0 Å². The first-order chi connectivity index (χ1) is 6.66. The highest BCUT2D eigenvalue weighted by Crippen LogP contribution is 2.16. The fraction of sp³-hybridized carbons (Fsp3) is 0.143. The zero-order valence-electron chi connectivity index (χ0n) is 7.40. The Labute approximate surface area is 84.6 Å². The molecular weight excluding hydrogens is 200 g/mol. The fourth-order valence-corrected chi connectivity index (χ4v) is 1.31. The monoisotopic (exact) mass is 208 g/mol. The molecule has 0 fully saturated rings. The van der Waals surface area contributed by atoms with Gasteiger partial charge in [-0.1, -0.05) is 0 Å². The first kappa shape index (κ1) is 8.82. The Morgan fingerprint density at radius 3 is 2.79 bits per heavy atom. The quantitative estimate of drug-likeness (QED) is 0.603. The molecule has 0 unspecified atom stereocenters. The second-order valence-corrected chi connectivity index (χ2v) is 3.14. The van der Waals surface area contributed by atoms with E-state index in [0.717, 1.165) is 11.3 Å². The van der Waals surface area contributed by atoms with Crippen molar-refractivity contribution in [3.8, 4) is 11.4 Å². The molecule has 0 radical (unpaired) electrons. The van der Waals surface area contributed by atoms with Crippen molar-refractivity contribution in [2.45, 2.75) is 6.92 Å². The summed E-state index contributed by atoms with van der Waals surface area (Å²) in [5.41, 5.74) is 7.25. The summed E-state index contributed by atoms with van der Waals surface area (Å²) in [6.07, 6.45) is 1.66. The van der Waals surface area contributed by atoms with E-state index >= 15 is 0 Å². The minimum Gasteiger partial charge on any atom is -0.369 e. The van der Waals surface area contributed by atoms with E-state index in [1.165, 1.54) is 0 Å². The molecule has 0 saturated carbocycles. The van der Waals surface area contributed by atoms with Gasteiger partial charge in [-0.15, -0.1) is 0 Å². The molecule has 0 spiro atoms. The van der Waals surface area contributed by atoms with Gasteiger partial charge in [0.05, 0.1) is 11.8 Å². The maximum absolute atomic E-state index is 5.51. The van der Waals surface area contributed by atoms with Gasteiger partial charge in [-0.25, -0.2) is 4.98 Å². The van der Waals surface area contributed by atoms with E-state index in [2.05, 4.69) is 25.1 Å². The zero-order valence-corrected chi connectivity index (χ0v) is 8.22. The average molecular weight is 208 g/mol. The summed E-state index contributed by atoms with van der Waals surface area (Å²) in [6, 6.07) is 0. The number of aromatic nitrogens is 5. The number of nitrogens with two attached hydrogens (primary N) is 1. The molecule has 0 aliphatic heterocycles. The summed E-state index contributed by atoms with van der Waals surface area (Å²) in [6.45, 7) is 1.89. The molecule has 72 valence electrons. The minimum absolute atomic E-state index is 0.219. The van der Waals surface area contributed by atoms with Crippen LogP contribution >= 0.6 is 12.2 Å². The summed E-state index contributed by atoms with van der Waals surface area (Å²) in [7, 11) is 0.